The number of carbonyl (C=O) groups excluding carboxylic acids is 1. The molecular weight excluding hydrogens is 250 g/mol. The first-order chi connectivity index (χ1) is 9.16. The Kier molecular flexibility index (Phi) is 4.22. The lowest BCUT2D eigenvalue weighted by Gasteiger charge is -2.26. The number of carbonyl (C=O) groups is 2. The lowest BCUT2D eigenvalue weighted by atomic mass is 10.2. The van der Waals surface area contributed by atoms with E-state index < -0.39 is 12.0 Å². The fraction of sp³-hybridized carbons (Fsp3) is 0.545. The molecule has 19 heavy (non-hydrogen) atoms. The number of carboxylic acid groups (broad SMARTS) is 1. The molecule has 102 valence electrons. The van der Waals surface area contributed by atoms with Gasteiger partial charge in [0.2, 0.25) is 0 Å². The number of anilines is 1. The van der Waals surface area contributed by atoms with E-state index in [0.29, 0.717) is 0 Å². The van der Waals surface area contributed by atoms with Gasteiger partial charge in [0.05, 0.1) is 12.4 Å². The Balaban J connectivity index is 2.04. The summed E-state index contributed by atoms with van der Waals surface area (Å²) in [6, 6.07) is -0.532. The highest BCUT2D eigenvalue weighted by Crippen LogP contribution is 2.23. The van der Waals surface area contributed by atoms with Crippen LogP contribution >= 0.6 is 0 Å². The summed E-state index contributed by atoms with van der Waals surface area (Å²) in [5.74, 6) is -0.963. The molecule has 0 atom stereocenters. The van der Waals surface area contributed by atoms with Crippen molar-refractivity contribution in [2.75, 3.05) is 11.9 Å². The summed E-state index contributed by atoms with van der Waals surface area (Å²) < 4.78 is 0. The maximum atomic E-state index is 12.1. The maximum absolute atomic E-state index is 12.1. The smallest absolute Gasteiger partial charge is 0.325 e. The van der Waals surface area contributed by atoms with Crippen LogP contribution in [-0.2, 0) is 4.79 Å². The van der Waals surface area contributed by atoms with Gasteiger partial charge in [0.25, 0.3) is 5.95 Å². The number of aromatic nitrogens is 3. The molecule has 1 aliphatic carbocycles. The molecule has 1 fully saturated rings. The van der Waals surface area contributed by atoms with Gasteiger partial charge in [-0.2, -0.15) is 5.10 Å². The molecule has 0 unspecified atom stereocenters. The van der Waals surface area contributed by atoms with Crippen LogP contribution < -0.4 is 5.32 Å². The second kappa shape index (κ2) is 6.07. The van der Waals surface area contributed by atoms with E-state index in [4.69, 9.17) is 5.11 Å². The number of nitrogens with one attached hydrogen (secondary N) is 1. The van der Waals surface area contributed by atoms with Crippen molar-refractivity contribution in [2.24, 2.45) is 0 Å². The predicted octanol–water partition coefficient (Wildman–Crippen LogP) is 0.733. The highest BCUT2D eigenvalue weighted by Gasteiger charge is 2.28. The number of amides is 2. The van der Waals surface area contributed by atoms with Gasteiger partial charge in [0, 0.05) is 6.04 Å². The van der Waals surface area contributed by atoms with Crippen molar-refractivity contribution in [1.82, 2.24) is 20.1 Å². The predicted molar refractivity (Wildman–Crippen MR) is 65.4 cm³/mol. The highest BCUT2D eigenvalue weighted by molar-refractivity contribution is 5.89. The average molecular weight is 265 g/mol. The Hall–Kier alpha value is -2.25. The minimum Gasteiger partial charge on any atom is -0.480 e. The van der Waals surface area contributed by atoms with Gasteiger partial charge in [-0.15, -0.1) is 5.10 Å². The van der Waals surface area contributed by atoms with Crippen LogP contribution in [0.25, 0.3) is 0 Å². The molecule has 1 heterocycles. The van der Waals surface area contributed by atoms with E-state index >= 15 is 0 Å². The van der Waals surface area contributed by atoms with Gasteiger partial charge in [-0.25, -0.2) is 9.78 Å². The summed E-state index contributed by atoms with van der Waals surface area (Å²) in [6.45, 7) is -0.323. The number of carboxylic acids is 1. The van der Waals surface area contributed by atoms with E-state index in [2.05, 4.69) is 20.5 Å². The van der Waals surface area contributed by atoms with E-state index in [-0.39, 0.29) is 18.5 Å². The van der Waals surface area contributed by atoms with Gasteiger partial charge in [0.15, 0.2) is 0 Å². The van der Waals surface area contributed by atoms with Crippen molar-refractivity contribution < 1.29 is 14.7 Å². The van der Waals surface area contributed by atoms with Gasteiger partial charge in [-0.05, 0) is 12.8 Å². The number of urea groups is 1. The van der Waals surface area contributed by atoms with Crippen LogP contribution in [0.15, 0.2) is 12.4 Å². The summed E-state index contributed by atoms with van der Waals surface area (Å²) in [5.41, 5.74) is 0. The van der Waals surface area contributed by atoms with E-state index in [9.17, 15) is 9.59 Å². The number of aliphatic carboxylic acids is 1. The van der Waals surface area contributed by atoms with Gasteiger partial charge < -0.3 is 10.0 Å². The first-order valence-corrected chi connectivity index (χ1v) is 6.10. The Morgan fingerprint density at radius 2 is 2.11 bits per heavy atom. The maximum Gasteiger partial charge on any atom is 0.325 e. The van der Waals surface area contributed by atoms with Gasteiger partial charge in [-0.3, -0.25) is 10.1 Å². The molecular formula is C11H15N5O3. The first kappa shape index (κ1) is 13.2. The Morgan fingerprint density at radius 1 is 1.37 bits per heavy atom. The number of hydrogen-bond acceptors (Lipinski definition) is 5. The zero-order valence-corrected chi connectivity index (χ0v) is 10.3. The molecule has 1 aromatic rings. The lowest BCUT2D eigenvalue weighted by molar-refractivity contribution is -0.138. The van der Waals surface area contributed by atoms with Gasteiger partial charge in [-0.1, -0.05) is 12.8 Å². The van der Waals surface area contributed by atoms with Gasteiger partial charge >= 0.3 is 12.0 Å². The van der Waals surface area contributed by atoms with E-state index in [1.54, 1.807) is 0 Å². The normalized spacial score (nSPS) is 15.2. The van der Waals surface area contributed by atoms with Gasteiger partial charge in [0.1, 0.15) is 6.54 Å². The van der Waals surface area contributed by atoms with Crippen LogP contribution in [0.1, 0.15) is 25.7 Å². The van der Waals surface area contributed by atoms with Crippen LogP contribution in [0.2, 0.25) is 0 Å². The number of rotatable bonds is 4. The van der Waals surface area contributed by atoms with Crippen molar-refractivity contribution in [2.45, 2.75) is 31.7 Å². The van der Waals surface area contributed by atoms with Crippen molar-refractivity contribution in [3.8, 4) is 0 Å². The molecule has 2 amide bonds. The molecule has 8 nitrogen and oxygen atoms in total. The minimum absolute atomic E-state index is 0.0345. The summed E-state index contributed by atoms with van der Waals surface area (Å²) in [5, 5.41) is 18.6. The molecule has 2 rings (SSSR count). The quantitative estimate of drug-likeness (QED) is 0.830. The van der Waals surface area contributed by atoms with Crippen LogP contribution in [0, 0.1) is 0 Å². The topological polar surface area (TPSA) is 108 Å². The third-order valence-corrected chi connectivity index (χ3v) is 3.03. The molecule has 8 heteroatoms. The second-order valence-corrected chi connectivity index (χ2v) is 4.36. The standard InChI is InChI=1S/C11H15N5O3/c17-9(18)7-16(8-3-1-2-4-8)11(19)14-10-12-5-6-13-15-10/h5-6,8H,1-4,7H2,(H,17,18)(H,12,14,15,19). The van der Waals surface area contributed by atoms with Crippen molar-refractivity contribution in [3.63, 3.8) is 0 Å². The minimum atomic E-state index is -1.03. The summed E-state index contributed by atoms with van der Waals surface area (Å²) in [4.78, 5) is 28.1. The molecule has 0 bridgehead atoms. The largest absolute Gasteiger partial charge is 0.480 e. The molecule has 1 aromatic heterocycles. The number of hydrogen-bond donors (Lipinski definition) is 2. The molecule has 0 spiro atoms. The van der Waals surface area contributed by atoms with E-state index in [1.165, 1.54) is 17.3 Å². The van der Waals surface area contributed by atoms with Crippen LogP contribution in [0.5, 0.6) is 0 Å². The van der Waals surface area contributed by atoms with E-state index in [1.807, 2.05) is 0 Å². The monoisotopic (exact) mass is 265 g/mol. The average Bonchev–Trinajstić information content (AvgIpc) is 2.90. The SMILES string of the molecule is O=C(O)CN(C(=O)Nc1nccnn1)C1CCCC1. The molecule has 0 aromatic carbocycles. The van der Waals surface area contributed by atoms with Crippen LogP contribution in [-0.4, -0.2) is 49.8 Å². The first-order valence-electron chi connectivity index (χ1n) is 6.10. The van der Waals surface area contributed by atoms with Crippen molar-refractivity contribution in [1.29, 1.82) is 0 Å². The highest BCUT2D eigenvalue weighted by atomic mass is 16.4. The molecule has 1 aliphatic rings. The summed E-state index contributed by atoms with van der Waals surface area (Å²) in [6.07, 6.45) is 6.47. The third kappa shape index (κ3) is 3.60. The molecule has 1 saturated carbocycles. The van der Waals surface area contributed by atoms with E-state index in [0.717, 1.165) is 25.7 Å². The second-order valence-electron chi connectivity index (χ2n) is 4.36. The molecule has 0 radical (unpaired) electrons. The zero-order chi connectivity index (χ0) is 13.7. The fourth-order valence-corrected chi connectivity index (χ4v) is 2.20. The Bertz CT molecular complexity index is 447. The Morgan fingerprint density at radius 3 is 2.68 bits per heavy atom. The van der Waals surface area contributed by atoms with Crippen molar-refractivity contribution >= 4 is 17.9 Å². The molecule has 0 saturated heterocycles. The zero-order valence-electron chi connectivity index (χ0n) is 10.3. The molecule has 2 N–H and O–H groups in total. The Labute approximate surface area is 109 Å². The van der Waals surface area contributed by atoms with Crippen LogP contribution in [0.3, 0.4) is 0 Å². The molecule has 0 aliphatic heterocycles. The third-order valence-electron chi connectivity index (χ3n) is 3.03. The summed E-state index contributed by atoms with van der Waals surface area (Å²) in [7, 11) is 0. The van der Waals surface area contributed by atoms with Crippen molar-refractivity contribution in [3.05, 3.63) is 12.4 Å². The van der Waals surface area contributed by atoms with Crippen LogP contribution in [0.4, 0.5) is 10.7 Å². The lowest BCUT2D eigenvalue weighted by Crippen LogP contribution is -2.44. The summed E-state index contributed by atoms with van der Waals surface area (Å²) >= 11 is 0. The fourth-order valence-electron chi connectivity index (χ4n) is 2.20. The number of nitrogens with zero attached hydrogens (tertiary/aromatic N) is 4.